The van der Waals surface area contributed by atoms with Gasteiger partial charge in [0.25, 0.3) is 0 Å². The molecule has 85 heavy (non-hydrogen) atoms. The molecule has 0 spiro atoms. The summed E-state index contributed by atoms with van der Waals surface area (Å²) in [5.74, 6) is -0.559. The summed E-state index contributed by atoms with van der Waals surface area (Å²) in [4.78, 5) is 72.2. The van der Waals surface area contributed by atoms with E-state index in [9.17, 15) is 43.2 Å². The van der Waals surface area contributed by atoms with Gasteiger partial charge in [0.2, 0.25) is 0 Å². The van der Waals surface area contributed by atoms with Crippen molar-refractivity contribution in [3.8, 4) is 0 Å². The third-order valence-corrected chi connectivity index (χ3v) is 17.8. The molecule has 0 aliphatic rings. The third kappa shape index (κ3) is 58.2. The van der Waals surface area contributed by atoms with Crippen molar-refractivity contribution in [1.82, 2.24) is 0 Å². The SMILES string of the molecule is CCCCCCCCCCCCC(=O)O[C@H](COC(=O)CCCCCCCCC)COP(=O)(O)OC[C@H](O)COP(=O)(O)OC[C@@H](COC(=O)CCCCCCCCC(C)CC)OC(=O)CCCCCCCCCCCCCCCCC(C)CC. The quantitative estimate of drug-likeness (QED) is 0.0222. The zero-order valence-corrected chi connectivity index (χ0v) is 56.7. The van der Waals surface area contributed by atoms with Crippen LogP contribution in [0.3, 0.4) is 0 Å². The summed E-state index contributed by atoms with van der Waals surface area (Å²) in [5.41, 5.74) is 0. The molecular formula is C66H128O17P2. The Morgan fingerprint density at radius 2 is 0.565 bits per heavy atom. The Morgan fingerprint density at radius 1 is 0.329 bits per heavy atom. The second kappa shape index (κ2) is 58.4. The van der Waals surface area contributed by atoms with Crippen molar-refractivity contribution in [3.63, 3.8) is 0 Å². The molecule has 0 radical (unpaired) electrons. The Labute approximate surface area is 517 Å². The first-order valence-corrected chi connectivity index (χ1v) is 37.6. The summed E-state index contributed by atoms with van der Waals surface area (Å²) in [6.45, 7) is 9.48. The van der Waals surface area contributed by atoms with Gasteiger partial charge in [0.1, 0.15) is 19.3 Å². The largest absolute Gasteiger partial charge is 0.472 e. The van der Waals surface area contributed by atoms with Crippen molar-refractivity contribution >= 4 is 39.5 Å². The summed E-state index contributed by atoms with van der Waals surface area (Å²) in [5, 5.41) is 10.5. The Hall–Kier alpha value is -1.94. The molecule has 0 fully saturated rings. The molecule has 0 aliphatic heterocycles. The van der Waals surface area contributed by atoms with E-state index in [0.29, 0.717) is 25.7 Å². The number of hydrogen-bond donors (Lipinski definition) is 3. The fourth-order valence-electron chi connectivity index (χ4n) is 9.82. The van der Waals surface area contributed by atoms with E-state index in [2.05, 4.69) is 41.5 Å². The van der Waals surface area contributed by atoms with Gasteiger partial charge in [0.05, 0.1) is 26.4 Å². The number of esters is 4. The lowest BCUT2D eigenvalue weighted by Gasteiger charge is -2.21. The van der Waals surface area contributed by atoms with E-state index in [-0.39, 0.29) is 25.7 Å². The average molecular weight is 1260 g/mol. The van der Waals surface area contributed by atoms with Crippen LogP contribution in [0.5, 0.6) is 0 Å². The Kier molecular flexibility index (Phi) is 57.1. The number of phosphoric acid groups is 2. The smallest absolute Gasteiger partial charge is 0.462 e. The fourth-order valence-corrected chi connectivity index (χ4v) is 11.4. The molecule has 0 saturated carbocycles. The molecule has 19 heteroatoms. The second-order valence-electron chi connectivity index (χ2n) is 24.3. The number of hydrogen-bond acceptors (Lipinski definition) is 15. The van der Waals surface area contributed by atoms with Crippen LogP contribution in [0, 0.1) is 11.8 Å². The number of ether oxygens (including phenoxy) is 4. The second-order valence-corrected chi connectivity index (χ2v) is 27.2. The highest BCUT2D eigenvalue weighted by Gasteiger charge is 2.30. The monoisotopic (exact) mass is 1250 g/mol. The third-order valence-electron chi connectivity index (χ3n) is 15.9. The predicted molar refractivity (Wildman–Crippen MR) is 340 cm³/mol. The van der Waals surface area contributed by atoms with E-state index in [0.717, 1.165) is 121 Å². The standard InChI is InChI=1S/C66H128O17P2/c1-7-11-13-15-17-18-26-30-38-44-50-65(70)82-61(54-76-63(68)48-42-36-28-16-14-12-8-2)56-80-84(72,73)78-52-60(67)53-79-85(74,75)81-57-62(55-77-64(69)49-43-37-33-32-35-41-47-59(6)10-4)83-66(71)51-45-39-31-27-24-22-20-19-21-23-25-29-34-40-46-58(5)9-3/h58-62,67H,7-57H2,1-6H3,(H,72,73)(H,74,75)/t58?,59?,60-,61+,62+/m0/s1. The minimum absolute atomic E-state index is 0.106. The number of rotatable bonds is 65. The number of aliphatic hydroxyl groups excluding tert-OH is 1. The molecule has 0 saturated heterocycles. The molecule has 7 atom stereocenters. The molecule has 0 rings (SSSR count). The highest BCUT2D eigenvalue weighted by Crippen LogP contribution is 2.45. The molecule has 0 aromatic rings. The van der Waals surface area contributed by atoms with E-state index < -0.39 is 97.5 Å². The molecule has 0 aromatic heterocycles. The first-order chi connectivity index (χ1) is 40.9. The molecule has 3 N–H and O–H groups in total. The molecule has 504 valence electrons. The van der Waals surface area contributed by atoms with Gasteiger partial charge in [-0.3, -0.25) is 37.3 Å². The van der Waals surface area contributed by atoms with Gasteiger partial charge < -0.3 is 33.8 Å². The topological polar surface area (TPSA) is 237 Å². The van der Waals surface area contributed by atoms with Gasteiger partial charge in [-0.05, 0) is 37.5 Å². The summed E-state index contributed by atoms with van der Waals surface area (Å²) < 4.78 is 68.0. The Balaban J connectivity index is 5.18. The molecule has 0 heterocycles. The van der Waals surface area contributed by atoms with Gasteiger partial charge in [-0.25, -0.2) is 9.13 Å². The van der Waals surface area contributed by atoms with E-state index in [1.54, 1.807) is 0 Å². The normalized spacial score (nSPS) is 14.9. The molecule has 17 nitrogen and oxygen atoms in total. The minimum atomic E-state index is -4.95. The van der Waals surface area contributed by atoms with E-state index in [1.165, 1.54) is 128 Å². The van der Waals surface area contributed by atoms with Gasteiger partial charge in [-0.1, -0.05) is 279 Å². The highest BCUT2D eigenvalue weighted by atomic mass is 31.2. The summed E-state index contributed by atoms with van der Waals surface area (Å²) >= 11 is 0. The van der Waals surface area contributed by atoms with Gasteiger partial charge in [0, 0.05) is 25.7 Å². The lowest BCUT2D eigenvalue weighted by molar-refractivity contribution is -0.161. The molecular weight excluding hydrogens is 1130 g/mol. The van der Waals surface area contributed by atoms with Crippen LogP contribution in [0.15, 0.2) is 0 Å². The fraction of sp³-hybridized carbons (Fsp3) is 0.939. The van der Waals surface area contributed by atoms with Crippen LogP contribution >= 0.6 is 15.6 Å². The first kappa shape index (κ1) is 83.1. The van der Waals surface area contributed by atoms with E-state index in [4.69, 9.17) is 37.0 Å². The van der Waals surface area contributed by atoms with Gasteiger partial charge in [-0.15, -0.1) is 0 Å². The van der Waals surface area contributed by atoms with Crippen molar-refractivity contribution in [3.05, 3.63) is 0 Å². The number of aliphatic hydroxyl groups is 1. The molecule has 0 aromatic carbocycles. The average Bonchev–Trinajstić information content (AvgIpc) is 3.53. The number of unbranched alkanes of at least 4 members (excludes halogenated alkanes) is 33. The van der Waals surface area contributed by atoms with Crippen molar-refractivity contribution in [2.24, 2.45) is 11.8 Å². The maximum atomic E-state index is 13.0. The highest BCUT2D eigenvalue weighted by molar-refractivity contribution is 7.47. The minimum Gasteiger partial charge on any atom is -0.462 e. The Bertz CT molecular complexity index is 1670. The lowest BCUT2D eigenvalue weighted by Crippen LogP contribution is -2.30. The maximum absolute atomic E-state index is 13.0. The van der Waals surface area contributed by atoms with Crippen LogP contribution < -0.4 is 0 Å². The van der Waals surface area contributed by atoms with Crippen LogP contribution in [-0.2, 0) is 65.4 Å². The van der Waals surface area contributed by atoms with Gasteiger partial charge >= 0.3 is 39.5 Å². The van der Waals surface area contributed by atoms with E-state index >= 15 is 0 Å². The van der Waals surface area contributed by atoms with Crippen LogP contribution in [0.1, 0.15) is 330 Å². The van der Waals surface area contributed by atoms with Crippen LogP contribution in [0.25, 0.3) is 0 Å². The van der Waals surface area contributed by atoms with Crippen molar-refractivity contribution in [2.75, 3.05) is 39.6 Å². The molecule has 0 aliphatic carbocycles. The van der Waals surface area contributed by atoms with Crippen LogP contribution in [-0.4, -0.2) is 96.7 Å². The number of phosphoric ester groups is 2. The molecule has 0 amide bonds. The predicted octanol–water partition coefficient (Wildman–Crippen LogP) is 18.4. The summed E-state index contributed by atoms with van der Waals surface area (Å²) in [6, 6.07) is 0. The van der Waals surface area contributed by atoms with Crippen molar-refractivity contribution < 1.29 is 80.2 Å². The van der Waals surface area contributed by atoms with Crippen LogP contribution in [0.4, 0.5) is 0 Å². The summed E-state index contributed by atoms with van der Waals surface area (Å²) in [7, 11) is -9.88. The van der Waals surface area contributed by atoms with E-state index in [1.807, 2.05) is 0 Å². The zero-order valence-electron chi connectivity index (χ0n) is 54.9. The molecule has 0 bridgehead atoms. The van der Waals surface area contributed by atoms with Crippen molar-refractivity contribution in [1.29, 1.82) is 0 Å². The number of carbonyl (C=O) groups is 4. The number of carbonyl (C=O) groups excluding carboxylic acids is 4. The van der Waals surface area contributed by atoms with Gasteiger partial charge in [0.15, 0.2) is 12.2 Å². The Morgan fingerprint density at radius 3 is 0.835 bits per heavy atom. The maximum Gasteiger partial charge on any atom is 0.472 e. The van der Waals surface area contributed by atoms with Crippen LogP contribution in [0.2, 0.25) is 0 Å². The zero-order chi connectivity index (χ0) is 62.9. The van der Waals surface area contributed by atoms with Gasteiger partial charge in [-0.2, -0.15) is 0 Å². The van der Waals surface area contributed by atoms with Crippen molar-refractivity contribution in [2.45, 2.75) is 349 Å². The lowest BCUT2D eigenvalue weighted by atomic mass is 9.99. The molecule has 4 unspecified atom stereocenters. The first-order valence-electron chi connectivity index (χ1n) is 34.6. The summed E-state index contributed by atoms with van der Waals surface area (Å²) in [6.07, 6.45) is 41.8.